The molecule has 0 aliphatic carbocycles. The number of halogens is 4. The first-order valence-electron chi connectivity index (χ1n) is 6.80. The van der Waals surface area contributed by atoms with E-state index in [1.165, 1.54) is 24.5 Å². The van der Waals surface area contributed by atoms with Gasteiger partial charge in [-0.1, -0.05) is 12.1 Å². The second kappa shape index (κ2) is 5.19. The SMILES string of the molecule is Fc1c(F)c(-n2cccn2)c(F)c(F)c1-c1nc2ccccc2o1. The predicted octanol–water partition coefficient (Wildman–Crippen LogP) is 4.24. The van der Waals surface area contributed by atoms with Crippen LogP contribution in [0.2, 0.25) is 0 Å². The van der Waals surface area contributed by atoms with Gasteiger partial charge in [-0.15, -0.1) is 0 Å². The summed E-state index contributed by atoms with van der Waals surface area (Å²) in [5.74, 6) is -6.93. The Labute approximate surface area is 132 Å². The lowest BCUT2D eigenvalue weighted by Gasteiger charge is -2.10. The zero-order valence-corrected chi connectivity index (χ0v) is 11.8. The Hall–Kier alpha value is -3.16. The minimum Gasteiger partial charge on any atom is -0.436 e. The minimum absolute atomic E-state index is 0.239. The summed E-state index contributed by atoms with van der Waals surface area (Å²) in [6.07, 6.45) is 2.39. The van der Waals surface area contributed by atoms with Crippen LogP contribution >= 0.6 is 0 Å². The average molecular weight is 333 g/mol. The van der Waals surface area contributed by atoms with Gasteiger partial charge in [0.25, 0.3) is 0 Å². The van der Waals surface area contributed by atoms with Crippen LogP contribution in [0.25, 0.3) is 28.2 Å². The topological polar surface area (TPSA) is 43.9 Å². The zero-order valence-electron chi connectivity index (χ0n) is 11.8. The lowest BCUT2D eigenvalue weighted by molar-refractivity contribution is 0.443. The molecular formula is C16H7F4N3O. The highest BCUT2D eigenvalue weighted by molar-refractivity contribution is 5.76. The smallest absolute Gasteiger partial charge is 0.233 e. The molecule has 2 aromatic carbocycles. The maximum atomic E-state index is 14.4. The van der Waals surface area contributed by atoms with Gasteiger partial charge in [0.1, 0.15) is 16.8 Å². The van der Waals surface area contributed by atoms with Crippen molar-refractivity contribution in [1.29, 1.82) is 0 Å². The largest absolute Gasteiger partial charge is 0.436 e. The molecule has 0 unspecified atom stereocenters. The van der Waals surface area contributed by atoms with Crippen molar-refractivity contribution in [3.8, 4) is 17.1 Å². The van der Waals surface area contributed by atoms with Gasteiger partial charge in [0, 0.05) is 12.4 Å². The Morgan fingerprint density at radius 2 is 1.58 bits per heavy atom. The lowest BCUT2D eigenvalue weighted by Crippen LogP contribution is -2.09. The molecule has 0 fully saturated rings. The average Bonchev–Trinajstić information content (AvgIpc) is 3.22. The number of nitrogens with zero attached hydrogens (tertiary/aromatic N) is 3. The number of para-hydroxylation sites is 2. The van der Waals surface area contributed by atoms with E-state index in [2.05, 4.69) is 10.1 Å². The number of hydrogen-bond donors (Lipinski definition) is 0. The molecule has 0 saturated carbocycles. The maximum Gasteiger partial charge on any atom is 0.233 e. The van der Waals surface area contributed by atoms with Gasteiger partial charge in [-0.2, -0.15) is 5.10 Å². The Morgan fingerprint density at radius 1 is 0.875 bits per heavy atom. The summed E-state index contributed by atoms with van der Waals surface area (Å²) in [5.41, 5.74) is -1.40. The normalized spacial score (nSPS) is 11.3. The number of fused-ring (bicyclic) bond motifs is 1. The van der Waals surface area contributed by atoms with E-state index in [1.54, 1.807) is 18.2 Å². The fourth-order valence-corrected chi connectivity index (χ4v) is 2.39. The predicted molar refractivity (Wildman–Crippen MR) is 76.4 cm³/mol. The van der Waals surface area contributed by atoms with E-state index in [4.69, 9.17) is 4.42 Å². The quantitative estimate of drug-likeness (QED) is 0.407. The van der Waals surface area contributed by atoms with Gasteiger partial charge < -0.3 is 4.42 Å². The van der Waals surface area contributed by atoms with Gasteiger partial charge in [-0.25, -0.2) is 27.2 Å². The molecular weight excluding hydrogens is 326 g/mol. The van der Waals surface area contributed by atoms with Crippen LogP contribution in [0, 0.1) is 23.3 Å². The highest BCUT2D eigenvalue weighted by Crippen LogP contribution is 2.34. The summed E-state index contributed by atoms with van der Waals surface area (Å²) in [5, 5.41) is 3.59. The molecule has 0 bridgehead atoms. The van der Waals surface area contributed by atoms with Crippen LogP contribution in [0.1, 0.15) is 0 Å². The van der Waals surface area contributed by atoms with E-state index in [-0.39, 0.29) is 5.58 Å². The third kappa shape index (κ3) is 1.99. The Morgan fingerprint density at radius 3 is 2.21 bits per heavy atom. The fraction of sp³-hybridized carbons (Fsp3) is 0. The van der Waals surface area contributed by atoms with Crippen LogP contribution in [0.3, 0.4) is 0 Å². The molecule has 0 radical (unpaired) electrons. The molecule has 2 heterocycles. The van der Waals surface area contributed by atoms with Crippen LogP contribution in [-0.2, 0) is 0 Å². The highest BCUT2D eigenvalue weighted by atomic mass is 19.2. The molecule has 0 atom stereocenters. The Bertz CT molecular complexity index is 995. The van der Waals surface area contributed by atoms with Crippen molar-refractivity contribution in [2.45, 2.75) is 0 Å². The molecule has 0 spiro atoms. The van der Waals surface area contributed by atoms with Crippen molar-refractivity contribution in [2.75, 3.05) is 0 Å². The second-order valence-corrected chi connectivity index (χ2v) is 4.92. The molecule has 24 heavy (non-hydrogen) atoms. The van der Waals surface area contributed by atoms with Crippen LogP contribution in [0.4, 0.5) is 17.6 Å². The van der Waals surface area contributed by atoms with E-state index < -0.39 is 40.4 Å². The standard InChI is InChI=1S/C16H7F4N3O/c17-11-10(16-22-8-4-1-2-5-9(8)24-16)12(18)14(20)15(13(11)19)23-7-3-6-21-23/h1-7H. The van der Waals surface area contributed by atoms with Crippen molar-refractivity contribution >= 4 is 11.1 Å². The van der Waals surface area contributed by atoms with Gasteiger partial charge >= 0.3 is 0 Å². The third-order valence-corrected chi connectivity index (χ3v) is 3.48. The van der Waals surface area contributed by atoms with Crippen LogP contribution in [0.15, 0.2) is 47.1 Å². The van der Waals surface area contributed by atoms with E-state index in [0.29, 0.717) is 10.2 Å². The van der Waals surface area contributed by atoms with Crippen molar-refractivity contribution in [3.63, 3.8) is 0 Å². The van der Waals surface area contributed by atoms with E-state index in [0.717, 1.165) is 0 Å². The van der Waals surface area contributed by atoms with Gasteiger partial charge in [0.05, 0.1) is 0 Å². The molecule has 2 aromatic heterocycles. The van der Waals surface area contributed by atoms with Crippen molar-refractivity contribution < 1.29 is 22.0 Å². The van der Waals surface area contributed by atoms with Gasteiger partial charge in [0.15, 0.2) is 28.9 Å². The van der Waals surface area contributed by atoms with E-state index >= 15 is 0 Å². The number of benzene rings is 2. The molecule has 8 heteroatoms. The summed E-state index contributed by atoms with van der Waals surface area (Å²) in [7, 11) is 0. The third-order valence-electron chi connectivity index (χ3n) is 3.48. The number of hydrogen-bond acceptors (Lipinski definition) is 3. The van der Waals surface area contributed by atoms with Gasteiger partial charge in [-0.3, -0.25) is 0 Å². The van der Waals surface area contributed by atoms with E-state index in [1.807, 2.05) is 0 Å². The molecule has 0 saturated heterocycles. The van der Waals surface area contributed by atoms with Crippen molar-refractivity contribution in [2.24, 2.45) is 0 Å². The molecule has 4 nitrogen and oxygen atoms in total. The number of aromatic nitrogens is 3. The molecule has 0 N–H and O–H groups in total. The first-order valence-corrected chi connectivity index (χ1v) is 6.80. The second-order valence-electron chi connectivity index (χ2n) is 4.92. The van der Waals surface area contributed by atoms with Crippen molar-refractivity contribution in [3.05, 3.63) is 66.0 Å². The summed E-state index contributed by atoms with van der Waals surface area (Å²) in [6.45, 7) is 0. The van der Waals surface area contributed by atoms with Crippen molar-refractivity contribution in [1.82, 2.24) is 14.8 Å². The number of rotatable bonds is 2. The highest BCUT2D eigenvalue weighted by Gasteiger charge is 2.30. The first-order chi connectivity index (χ1) is 11.6. The van der Waals surface area contributed by atoms with Crippen LogP contribution in [-0.4, -0.2) is 14.8 Å². The van der Waals surface area contributed by atoms with Crippen LogP contribution in [0.5, 0.6) is 0 Å². The molecule has 120 valence electrons. The summed E-state index contributed by atoms with van der Waals surface area (Å²) < 4.78 is 63.3. The molecule has 0 aliphatic rings. The molecule has 4 aromatic rings. The van der Waals surface area contributed by atoms with Gasteiger partial charge in [0.2, 0.25) is 5.89 Å². The first kappa shape index (κ1) is 14.4. The summed E-state index contributed by atoms with van der Waals surface area (Å²) in [6, 6.07) is 7.70. The van der Waals surface area contributed by atoms with Crippen LogP contribution < -0.4 is 0 Å². The fourth-order valence-electron chi connectivity index (χ4n) is 2.39. The lowest BCUT2D eigenvalue weighted by atomic mass is 10.1. The summed E-state index contributed by atoms with van der Waals surface area (Å²) in [4.78, 5) is 3.88. The summed E-state index contributed by atoms with van der Waals surface area (Å²) >= 11 is 0. The number of oxazole rings is 1. The molecule has 4 rings (SSSR count). The minimum atomic E-state index is -1.61. The zero-order chi connectivity index (χ0) is 16.8. The Kier molecular flexibility index (Phi) is 3.12. The molecule has 0 aliphatic heterocycles. The molecule has 0 amide bonds. The van der Waals surface area contributed by atoms with E-state index in [9.17, 15) is 17.6 Å². The van der Waals surface area contributed by atoms with Gasteiger partial charge in [-0.05, 0) is 18.2 Å². The maximum absolute atomic E-state index is 14.4. The monoisotopic (exact) mass is 333 g/mol. The Balaban J connectivity index is 2.00.